The van der Waals surface area contributed by atoms with E-state index < -0.39 is 48.0 Å². The largest absolute Gasteiger partial charge is 0.481 e. The van der Waals surface area contributed by atoms with Gasteiger partial charge in [0.15, 0.2) is 16.4 Å². The molecule has 1 aromatic heterocycles. The standard InChI is InChI=1S/C22H36N3O10PS/c1-13(2)24-36(31,33-10-11-37-17(27)19(3,4)12-26)35-16-15-22(16,30)20(5,29)21(6,34-15)25-9-8-14(32-7)23-18(25)28/h8-9,13,15-16,26,29-30H,10-12H2,1-7H3,(H,24,31). The van der Waals surface area contributed by atoms with Gasteiger partial charge in [0.2, 0.25) is 5.88 Å². The summed E-state index contributed by atoms with van der Waals surface area (Å²) in [5, 5.41) is 34.6. The molecule has 1 aliphatic heterocycles. The van der Waals surface area contributed by atoms with Gasteiger partial charge in [-0.15, -0.1) is 0 Å². The molecule has 0 radical (unpaired) electrons. The van der Waals surface area contributed by atoms with E-state index in [2.05, 4.69) is 10.1 Å². The number of fused-ring (bicyclic) bond motifs is 1. The molecule has 0 amide bonds. The molecular weight excluding hydrogens is 529 g/mol. The smallest absolute Gasteiger partial charge is 0.406 e. The molecule has 0 aromatic carbocycles. The number of hydrogen-bond acceptors (Lipinski definition) is 12. The predicted octanol–water partition coefficient (Wildman–Crippen LogP) is 0.605. The summed E-state index contributed by atoms with van der Waals surface area (Å²) in [7, 11) is -2.68. The van der Waals surface area contributed by atoms with E-state index in [1.807, 2.05) is 0 Å². The molecule has 210 valence electrons. The number of hydrogen-bond donors (Lipinski definition) is 4. The van der Waals surface area contributed by atoms with Crippen LogP contribution >= 0.6 is 19.5 Å². The average molecular weight is 566 g/mol. The number of aliphatic hydroxyl groups is 3. The molecule has 1 aromatic rings. The minimum absolute atomic E-state index is 0.0743. The highest BCUT2D eigenvalue weighted by Gasteiger charge is 2.87. The first-order valence-electron chi connectivity index (χ1n) is 11.7. The third kappa shape index (κ3) is 5.28. The van der Waals surface area contributed by atoms with E-state index in [9.17, 15) is 29.5 Å². The Bertz CT molecular complexity index is 1130. The number of nitrogens with zero attached hydrogens (tertiary/aromatic N) is 2. The van der Waals surface area contributed by atoms with Crippen LogP contribution < -0.4 is 15.5 Å². The highest BCUT2D eigenvalue weighted by molar-refractivity contribution is 8.13. The van der Waals surface area contributed by atoms with Crippen molar-refractivity contribution < 1.29 is 43.2 Å². The Balaban J connectivity index is 1.73. The first-order chi connectivity index (χ1) is 17.0. The highest BCUT2D eigenvalue weighted by atomic mass is 32.2. The van der Waals surface area contributed by atoms with Crippen LogP contribution in [0.4, 0.5) is 0 Å². The summed E-state index contributed by atoms with van der Waals surface area (Å²) < 4.78 is 36.6. The number of methoxy groups -OCH3 is 1. The lowest BCUT2D eigenvalue weighted by atomic mass is 9.86. The van der Waals surface area contributed by atoms with E-state index in [1.54, 1.807) is 27.7 Å². The molecule has 6 atom stereocenters. The van der Waals surface area contributed by atoms with Crippen LogP contribution in [0.3, 0.4) is 0 Å². The van der Waals surface area contributed by atoms with E-state index in [1.165, 1.54) is 33.2 Å². The number of nitrogens with one attached hydrogen (secondary N) is 1. The molecule has 37 heavy (non-hydrogen) atoms. The number of aliphatic hydroxyl groups excluding tert-OH is 1. The summed E-state index contributed by atoms with van der Waals surface area (Å²) in [6.45, 7) is 8.93. The highest BCUT2D eigenvalue weighted by Crippen LogP contribution is 2.66. The van der Waals surface area contributed by atoms with Crippen LogP contribution in [0.1, 0.15) is 41.5 Å². The third-order valence-electron chi connectivity index (χ3n) is 6.71. The van der Waals surface area contributed by atoms with Crippen molar-refractivity contribution in [1.29, 1.82) is 0 Å². The van der Waals surface area contributed by atoms with E-state index >= 15 is 0 Å². The summed E-state index contributed by atoms with van der Waals surface area (Å²) in [6, 6.07) is 1.07. The van der Waals surface area contributed by atoms with Crippen molar-refractivity contribution in [2.75, 3.05) is 26.1 Å². The summed E-state index contributed by atoms with van der Waals surface area (Å²) in [6.07, 6.45) is -1.04. The molecule has 2 fully saturated rings. The van der Waals surface area contributed by atoms with E-state index in [0.29, 0.717) is 0 Å². The number of rotatable bonds is 12. The Kier molecular flexibility index (Phi) is 8.42. The summed E-state index contributed by atoms with van der Waals surface area (Å²) in [5.74, 6) is 0.221. The minimum Gasteiger partial charge on any atom is -0.481 e. The molecule has 13 nitrogen and oxygen atoms in total. The lowest BCUT2D eigenvalue weighted by Gasteiger charge is -2.41. The van der Waals surface area contributed by atoms with E-state index in [-0.39, 0.29) is 36.0 Å². The summed E-state index contributed by atoms with van der Waals surface area (Å²) >= 11 is 0.929. The second-order valence-electron chi connectivity index (χ2n) is 10.4. The molecule has 2 aliphatic rings. The molecule has 15 heteroatoms. The topological polar surface area (TPSA) is 179 Å². The molecule has 4 N–H and O–H groups in total. The van der Waals surface area contributed by atoms with Crippen LogP contribution in [0.25, 0.3) is 0 Å². The monoisotopic (exact) mass is 565 g/mol. The van der Waals surface area contributed by atoms with Gasteiger partial charge in [-0.1, -0.05) is 11.8 Å². The first-order valence-corrected chi connectivity index (χ1v) is 14.3. The number of carbonyl (C=O) groups is 1. The Labute approximate surface area is 219 Å². The van der Waals surface area contributed by atoms with Gasteiger partial charge in [0, 0.05) is 24.1 Å². The zero-order valence-corrected chi connectivity index (χ0v) is 23.7. The number of thioether (sulfide) groups is 1. The normalized spacial score (nSPS) is 32.7. The summed E-state index contributed by atoms with van der Waals surface area (Å²) in [5.41, 5.74) is -7.51. The fraction of sp³-hybridized carbons (Fsp3) is 0.773. The van der Waals surface area contributed by atoms with Crippen LogP contribution in [0.5, 0.6) is 5.88 Å². The molecule has 1 saturated carbocycles. The van der Waals surface area contributed by atoms with Gasteiger partial charge in [-0.25, -0.2) is 14.4 Å². The van der Waals surface area contributed by atoms with Gasteiger partial charge >= 0.3 is 13.4 Å². The van der Waals surface area contributed by atoms with Gasteiger partial charge < -0.3 is 24.8 Å². The zero-order valence-electron chi connectivity index (χ0n) is 22.0. The van der Waals surface area contributed by atoms with Crippen molar-refractivity contribution in [3.8, 4) is 5.88 Å². The lowest BCUT2D eigenvalue weighted by molar-refractivity contribution is -0.219. The Hall–Kier alpha value is -1.35. The second-order valence-corrected chi connectivity index (χ2v) is 13.1. The van der Waals surface area contributed by atoms with Crippen LogP contribution in [0, 0.1) is 5.41 Å². The quantitative estimate of drug-likeness (QED) is 0.205. The molecule has 0 spiro atoms. The average Bonchev–Trinajstić information content (AvgIpc) is 3.31. The fourth-order valence-corrected chi connectivity index (χ4v) is 6.78. The Morgan fingerprint density at radius 2 is 2.03 bits per heavy atom. The molecular formula is C22H36N3O10PS. The van der Waals surface area contributed by atoms with Gasteiger partial charge in [0.1, 0.15) is 17.8 Å². The predicted molar refractivity (Wildman–Crippen MR) is 134 cm³/mol. The SMILES string of the molecule is COc1ccn(C2(C)OC3C(OP(=O)(NC(C)C)OCCSC(=O)C(C)(C)CO)C3(O)C2(C)O)c(=O)n1. The molecule has 1 saturated heterocycles. The fourth-order valence-electron chi connectivity index (χ4n) is 4.12. The second kappa shape index (κ2) is 10.3. The Morgan fingerprint density at radius 1 is 1.38 bits per heavy atom. The molecule has 0 bridgehead atoms. The van der Waals surface area contributed by atoms with Crippen LogP contribution in [0.2, 0.25) is 0 Å². The van der Waals surface area contributed by atoms with E-state index in [0.717, 1.165) is 16.3 Å². The van der Waals surface area contributed by atoms with Gasteiger partial charge in [-0.3, -0.25) is 18.4 Å². The third-order valence-corrected chi connectivity index (χ3v) is 9.76. The zero-order chi connectivity index (χ0) is 28.0. The van der Waals surface area contributed by atoms with Gasteiger partial charge in [0.25, 0.3) is 0 Å². The maximum absolute atomic E-state index is 13.5. The van der Waals surface area contributed by atoms with Crippen molar-refractivity contribution in [2.24, 2.45) is 5.41 Å². The number of carbonyl (C=O) groups excluding carboxylic acids is 1. The van der Waals surface area contributed by atoms with E-state index in [4.69, 9.17) is 18.5 Å². The summed E-state index contributed by atoms with van der Waals surface area (Å²) in [4.78, 5) is 28.5. The van der Waals surface area contributed by atoms with Crippen molar-refractivity contribution >= 4 is 24.6 Å². The Morgan fingerprint density at radius 3 is 2.51 bits per heavy atom. The van der Waals surface area contributed by atoms with Gasteiger partial charge in [-0.2, -0.15) is 4.98 Å². The maximum atomic E-state index is 13.5. The molecule has 3 rings (SSSR count). The lowest BCUT2D eigenvalue weighted by Crippen LogP contribution is -2.61. The van der Waals surface area contributed by atoms with Crippen molar-refractivity contribution in [2.45, 2.75) is 76.7 Å². The van der Waals surface area contributed by atoms with Crippen molar-refractivity contribution in [3.63, 3.8) is 0 Å². The molecule has 1 aliphatic carbocycles. The van der Waals surface area contributed by atoms with Crippen LogP contribution in [0.15, 0.2) is 17.1 Å². The molecule has 2 heterocycles. The first kappa shape index (κ1) is 30.2. The van der Waals surface area contributed by atoms with Gasteiger partial charge in [-0.05, 0) is 41.5 Å². The van der Waals surface area contributed by atoms with Crippen molar-refractivity contribution in [1.82, 2.24) is 14.6 Å². The van der Waals surface area contributed by atoms with Crippen LogP contribution in [-0.4, -0.2) is 85.5 Å². The number of ether oxygens (including phenoxy) is 2. The van der Waals surface area contributed by atoms with Crippen LogP contribution in [-0.2, 0) is 28.9 Å². The maximum Gasteiger partial charge on any atom is 0.406 e. The van der Waals surface area contributed by atoms with Crippen molar-refractivity contribution in [3.05, 3.63) is 22.7 Å². The minimum atomic E-state index is -4.04. The molecule has 6 unspecified atom stereocenters. The number of aromatic nitrogens is 2. The van der Waals surface area contributed by atoms with Gasteiger partial charge in [0.05, 0.1) is 25.7 Å².